The van der Waals surface area contributed by atoms with Gasteiger partial charge in [0.1, 0.15) is 12.2 Å². The molecule has 0 unspecified atom stereocenters. The number of benzene rings is 1. The molecule has 0 atom stereocenters. The second-order valence-corrected chi connectivity index (χ2v) is 8.20. The Morgan fingerprint density at radius 2 is 1.74 bits per heavy atom. The number of hydrogen-bond donors (Lipinski definition) is 1. The average Bonchev–Trinajstić information content (AvgIpc) is 2.61. The lowest BCUT2D eigenvalue weighted by Crippen LogP contribution is -2.36. The van der Waals surface area contributed by atoms with Crippen molar-refractivity contribution in [2.75, 3.05) is 18.3 Å². The Labute approximate surface area is 159 Å². The lowest BCUT2D eigenvalue weighted by Gasteiger charge is -2.18. The molecule has 27 heavy (non-hydrogen) atoms. The van der Waals surface area contributed by atoms with Gasteiger partial charge in [0.25, 0.3) is 15.6 Å². The molecule has 8 heteroatoms. The van der Waals surface area contributed by atoms with E-state index in [1.165, 1.54) is 22.8 Å². The van der Waals surface area contributed by atoms with E-state index in [-0.39, 0.29) is 23.0 Å². The molecule has 146 valence electrons. The molecule has 1 N–H and O–H groups in total. The van der Waals surface area contributed by atoms with Crippen LogP contribution in [0.4, 0.5) is 5.69 Å². The number of hydrogen-bond acceptors (Lipinski definition) is 4. The van der Waals surface area contributed by atoms with Crippen molar-refractivity contribution in [1.29, 1.82) is 0 Å². The van der Waals surface area contributed by atoms with Gasteiger partial charge in [-0.25, -0.2) is 8.42 Å². The van der Waals surface area contributed by atoms with E-state index < -0.39 is 15.6 Å². The third-order valence-corrected chi connectivity index (χ3v) is 5.63. The molecular weight excluding hydrogens is 366 g/mol. The second-order valence-electron chi connectivity index (χ2n) is 6.51. The third kappa shape index (κ3) is 4.97. The van der Waals surface area contributed by atoms with Crippen LogP contribution in [0.5, 0.6) is 0 Å². The number of aryl methyl sites for hydroxylation is 2. The zero-order valence-electron chi connectivity index (χ0n) is 16.0. The summed E-state index contributed by atoms with van der Waals surface area (Å²) in [4.78, 5) is 26.6. The summed E-state index contributed by atoms with van der Waals surface area (Å²) in [6.45, 7) is 5.97. The van der Waals surface area contributed by atoms with E-state index in [4.69, 9.17) is 0 Å². The summed E-state index contributed by atoms with van der Waals surface area (Å²) in [5, 5.41) is 0. The number of carbonyl (C=O) groups is 1. The maximum atomic E-state index is 12.7. The number of carbonyl (C=O) groups excluding carboxylic acids is 1. The molecule has 1 aromatic heterocycles. The quantitative estimate of drug-likeness (QED) is 0.783. The number of sulfonamides is 1. The Kier molecular flexibility index (Phi) is 6.43. The number of pyridine rings is 1. The third-order valence-electron chi connectivity index (χ3n) is 4.25. The van der Waals surface area contributed by atoms with Gasteiger partial charge in [0, 0.05) is 19.3 Å². The van der Waals surface area contributed by atoms with Gasteiger partial charge in [-0.3, -0.25) is 14.3 Å². The van der Waals surface area contributed by atoms with Crippen LogP contribution in [0, 0.1) is 13.8 Å². The van der Waals surface area contributed by atoms with Crippen LogP contribution >= 0.6 is 0 Å². The predicted molar refractivity (Wildman–Crippen MR) is 105 cm³/mol. The fourth-order valence-corrected chi connectivity index (χ4v) is 3.64. The van der Waals surface area contributed by atoms with Crippen molar-refractivity contribution in [1.82, 2.24) is 9.47 Å². The Balaban J connectivity index is 2.33. The van der Waals surface area contributed by atoms with Crippen LogP contribution in [0.2, 0.25) is 0 Å². The predicted octanol–water partition coefficient (Wildman–Crippen LogP) is 2.13. The van der Waals surface area contributed by atoms with Crippen LogP contribution in [0.1, 0.15) is 24.6 Å². The second kappa shape index (κ2) is 8.39. The number of amides is 1. The SMILES string of the molecule is CCCN(C)C(=O)Cn1c(C)ccc(NS(=O)(=O)c2ccc(C)cc2)c1=O. The minimum Gasteiger partial charge on any atom is -0.344 e. The molecule has 1 amide bonds. The summed E-state index contributed by atoms with van der Waals surface area (Å²) in [5.41, 5.74) is 0.869. The Morgan fingerprint density at radius 3 is 2.33 bits per heavy atom. The van der Waals surface area contributed by atoms with Gasteiger partial charge >= 0.3 is 0 Å². The highest BCUT2D eigenvalue weighted by Crippen LogP contribution is 2.14. The molecule has 2 rings (SSSR count). The first kappa shape index (κ1) is 20.7. The van der Waals surface area contributed by atoms with Crippen molar-refractivity contribution in [3.8, 4) is 0 Å². The standard InChI is InChI=1S/C19H25N3O4S/c1-5-12-21(4)18(23)13-22-15(3)8-11-17(19(22)24)20-27(25,26)16-9-6-14(2)7-10-16/h6-11,20H,5,12-13H2,1-4H3. The highest BCUT2D eigenvalue weighted by atomic mass is 32.2. The summed E-state index contributed by atoms with van der Waals surface area (Å²) in [6.07, 6.45) is 0.812. The average molecular weight is 391 g/mol. The molecule has 0 fully saturated rings. The number of likely N-dealkylation sites (N-methyl/N-ethyl adjacent to an activating group) is 1. The highest BCUT2D eigenvalue weighted by Gasteiger charge is 2.18. The summed E-state index contributed by atoms with van der Waals surface area (Å²) in [7, 11) is -2.22. The van der Waals surface area contributed by atoms with E-state index in [2.05, 4.69) is 4.72 Å². The van der Waals surface area contributed by atoms with Gasteiger partial charge in [-0.1, -0.05) is 24.6 Å². The lowest BCUT2D eigenvalue weighted by molar-refractivity contribution is -0.130. The maximum absolute atomic E-state index is 12.7. The van der Waals surface area contributed by atoms with Gasteiger partial charge in [0.05, 0.1) is 4.90 Å². The first-order valence-corrected chi connectivity index (χ1v) is 10.2. The maximum Gasteiger partial charge on any atom is 0.275 e. The van der Waals surface area contributed by atoms with E-state index in [9.17, 15) is 18.0 Å². The molecule has 1 aromatic carbocycles. The molecule has 0 saturated carbocycles. The first-order valence-electron chi connectivity index (χ1n) is 8.69. The van der Waals surface area contributed by atoms with Crippen molar-refractivity contribution in [2.24, 2.45) is 0 Å². The van der Waals surface area contributed by atoms with Gasteiger partial charge in [-0.05, 0) is 44.5 Å². The van der Waals surface area contributed by atoms with E-state index in [1.54, 1.807) is 37.1 Å². The van der Waals surface area contributed by atoms with Gasteiger partial charge in [-0.15, -0.1) is 0 Å². The van der Waals surface area contributed by atoms with Crippen molar-refractivity contribution < 1.29 is 13.2 Å². The van der Waals surface area contributed by atoms with Crippen molar-refractivity contribution in [2.45, 2.75) is 38.6 Å². The molecule has 0 spiro atoms. The zero-order valence-corrected chi connectivity index (χ0v) is 16.8. The first-order chi connectivity index (χ1) is 12.7. The molecule has 2 aromatic rings. The van der Waals surface area contributed by atoms with Crippen molar-refractivity contribution >= 4 is 21.6 Å². The summed E-state index contributed by atoms with van der Waals surface area (Å²) in [5.74, 6) is -0.208. The fraction of sp³-hybridized carbons (Fsp3) is 0.368. The van der Waals surface area contributed by atoms with Crippen LogP contribution in [0.15, 0.2) is 46.1 Å². The number of anilines is 1. The summed E-state index contributed by atoms with van der Waals surface area (Å²) >= 11 is 0. The van der Waals surface area contributed by atoms with Crippen LogP contribution in [-0.4, -0.2) is 37.4 Å². The molecule has 0 bridgehead atoms. The zero-order chi connectivity index (χ0) is 20.2. The molecule has 0 aliphatic heterocycles. The Hall–Kier alpha value is -2.61. The summed E-state index contributed by atoms with van der Waals surface area (Å²) in [6, 6.07) is 9.36. The van der Waals surface area contributed by atoms with Crippen LogP contribution in [0.3, 0.4) is 0 Å². The monoisotopic (exact) mass is 391 g/mol. The fourth-order valence-electron chi connectivity index (χ4n) is 2.58. The van der Waals surface area contributed by atoms with Crippen molar-refractivity contribution in [3.05, 3.63) is 58.0 Å². The highest BCUT2D eigenvalue weighted by molar-refractivity contribution is 7.92. The van der Waals surface area contributed by atoms with Crippen molar-refractivity contribution in [3.63, 3.8) is 0 Å². The van der Waals surface area contributed by atoms with E-state index in [1.807, 2.05) is 13.8 Å². The summed E-state index contributed by atoms with van der Waals surface area (Å²) < 4.78 is 28.7. The molecular formula is C19H25N3O4S. The molecule has 1 heterocycles. The van der Waals surface area contributed by atoms with Crippen LogP contribution < -0.4 is 10.3 Å². The van der Waals surface area contributed by atoms with Gasteiger partial charge in [-0.2, -0.15) is 0 Å². The molecule has 0 aliphatic rings. The molecule has 0 radical (unpaired) electrons. The number of rotatable bonds is 7. The van der Waals surface area contributed by atoms with Crippen LogP contribution in [0.25, 0.3) is 0 Å². The van der Waals surface area contributed by atoms with Gasteiger partial charge in [0.15, 0.2) is 0 Å². The molecule has 0 saturated heterocycles. The number of nitrogens with zero attached hydrogens (tertiary/aromatic N) is 2. The Bertz CT molecular complexity index is 979. The minimum absolute atomic E-state index is 0.0679. The Morgan fingerprint density at radius 1 is 1.11 bits per heavy atom. The number of nitrogens with one attached hydrogen (secondary N) is 1. The van der Waals surface area contributed by atoms with E-state index in [0.717, 1.165) is 12.0 Å². The minimum atomic E-state index is -3.89. The van der Waals surface area contributed by atoms with Gasteiger partial charge < -0.3 is 9.47 Å². The molecule has 0 aliphatic carbocycles. The van der Waals surface area contributed by atoms with E-state index >= 15 is 0 Å². The number of aromatic nitrogens is 1. The topological polar surface area (TPSA) is 88.5 Å². The smallest absolute Gasteiger partial charge is 0.275 e. The normalized spacial score (nSPS) is 11.3. The largest absolute Gasteiger partial charge is 0.344 e. The van der Waals surface area contributed by atoms with Crippen LogP contribution in [-0.2, 0) is 21.4 Å². The lowest BCUT2D eigenvalue weighted by atomic mass is 10.2. The van der Waals surface area contributed by atoms with Gasteiger partial charge in [0.2, 0.25) is 5.91 Å². The van der Waals surface area contributed by atoms with E-state index in [0.29, 0.717) is 12.2 Å². The molecule has 7 nitrogen and oxygen atoms in total.